The van der Waals surface area contributed by atoms with E-state index >= 15 is 0 Å². The molecule has 0 aliphatic rings. The van der Waals surface area contributed by atoms with Crippen molar-refractivity contribution in [2.24, 2.45) is 0 Å². The number of hydrogen-bond acceptors (Lipinski definition) is 5. The maximum atomic E-state index is 9.65. The Morgan fingerprint density at radius 2 is 2.35 bits per heavy atom. The van der Waals surface area contributed by atoms with Crippen LogP contribution in [0.4, 0.5) is 0 Å². The topological polar surface area (TPSA) is 59.2 Å². The minimum atomic E-state index is -0.400. The van der Waals surface area contributed by atoms with E-state index in [2.05, 4.69) is 26.1 Å². The molecule has 4 nitrogen and oxygen atoms in total. The molecule has 0 saturated carbocycles. The van der Waals surface area contributed by atoms with Gasteiger partial charge in [-0.2, -0.15) is 4.98 Å². The van der Waals surface area contributed by atoms with E-state index < -0.39 is 6.10 Å². The molecular formula is C11H13BrN2O2S. The maximum Gasteiger partial charge on any atom is 0.229 e. The average Bonchev–Trinajstić information content (AvgIpc) is 2.87. The monoisotopic (exact) mass is 316 g/mol. The van der Waals surface area contributed by atoms with Crippen LogP contribution in [-0.4, -0.2) is 21.4 Å². The summed E-state index contributed by atoms with van der Waals surface area (Å²) in [5, 5.41) is 13.6. The third-order valence-corrected chi connectivity index (χ3v) is 3.91. The van der Waals surface area contributed by atoms with Crippen molar-refractivity contribution in [1.82, 2.24) is 10.1 Å². The summed E-state index contributed by atoms with van der Waals surface area (Å²) in [5.74, 6) is 1.07. The molecule has 0 saturated heterocycles. The third-order valence-electron chi connectivity index (χ3n) is 2.29. The summed E-state index contributed by atoms with van der Waals surface area (Å²) in [7, 11) is 0. The van der Waals surface area contributed by atoms with Gasteiger partial charge >= 0.3 is 0 Å². The molecule has 0 bridgehead atoms. The van der Waals surface area contributed by atoms with Crippen LogP contribution in [0.25, 0.3) is 10.7 Å². The Labute approximate surface area is 112 Å². The van der Waals surface area contributed by atoms with Crippen molar-refractivity contribution in [2.45, 2.75) is 32.3 Å². The molecule has 0 amide bonds. The third kappa shape index (κ3) is 3.37. The second-order valence-corrected chi connectivity index (χ2v) is 6.23. The molecule has 0 radical (unpaired) electrons. The molecule has 0 spiro atoms. The van der Waals surface area contributed by atoms with Gasteiger partial charge in [-0.25, -0.2) is 0 Å². The van der Waals surface area contributed by atoms with Crippen molar-refractivity contribution in [3.63, 3.8) is 0 Å². The first-order valence-electron chi connectivity index (χ1n) is 5.45. The Morgan fingerprint density at radius 1 is 1.53 bits per heavy atom. The lowest BCUT2D eigenvalue weighted by Crippen LogP contribution is -2.09. The molecule has 2 rings (SSSR count). The summed E-state index contributed by atoms with van der Waals surface area (Å²) < 4.78 is 6.15. The highest BCUT2D eigenvalue weighted by Gasteiger charge is 2.13. The summed E-state index contributed by atoms with van der Waals surface area (Å²) in [4.78, 5) is 5.22. The fraction of sp³-hybridized carbons (Fsp3) is 0.455. The van der Waals surface area contributed by atoms with E-state index in [0.29, 0.717) is 18.1 Å². The quantitative estimate of drug-likeness (QED) is 0.919. The summed E-state index contributed by atoms with van der Waals surface area (Å²) >= 11 is 4.94. The SMILES string of the molecule is CCCC(O)Cc1nc(-c2ccc(Br)s2)no1. The summed E-state index contributed by atoms with van der Waals surface area (Å²) in [5.41, 5.74) is 0. The van der Waals surface area contributed by atoms with Gasteiger partial charge in [0.25, 0.3) is 0 Å². The smallest absolute Gasteiger partial charge is 0.229 e. The van der Waals surface area contributed by atoms with E-state index in [9.17, 15) is 5.11 Å². The molecule has 2 aromatic rings. The second kappa shape index (κ2) is 5.75. The number of thiophene rings is 1. The van der Waals surface area contributed by atoms with Crippen LogP contribution in [0.15, 0.2) is 20.4 Å². The van der Waals surface area contributed by atoms with Crippen LogP contribution >= 0.6 is 27.3 Å². The predicted molar refractivity (Wildman–Crippen MR) is 69.9 cm³/mol. The van der Waals surface area contributed by atoms with Gasteiger partial charge < -0.3 is 9.63 Å². The van der Waals surface area contributed by atoms with Gasteiger partial charge in [0.05, 0.1) is 21.2 Å². The summed E-state index contributed by atoms with van der Waals surface area (Å²) in [6.45, 7) is 2.03. The molecule has 0 aliphatic carbocycles. The van der Waals surface area contributed by atoms with Gasteiger partial charge in [-0.15, -0.1) is 11.3 Å². The normalized spacial score (nSPS) is 12.9. The van der Waals surface area contributed by atoms with E-state index in [4.69, 9.17) is 4.52 Å². The van der Waals surface area contributed by atoms with Gasteiger partial charge in [-0.3, -0.25) is 0 Å². The number of rotatable bonds is 5. The lowest BCUT2D eigenvalue weighted by atomic mass is 10.1. The van der Waals surface area contributed by atoms with Gasteiger partial charge in [-0.05, 0) is 34.5 Å². The zero-order valence-electron chi connectivity index (χ0n) is 9.39. The average molecular weight is 317 g/mol. The van der Waals surface area contributed by atoms with E-state index in [-0.39, 0.29) is 0 Å². The fourth-order valence-corrected chi connectivity index (χ4v) is 2.82. The molecule has 6 heteroatoms. The van der Waals surface area contributed by atoms with Crippen molar-refractivity contribution in [2.75, 3.05) is 0 Å². The van der Waals surface area contributed by atoms with Crippen LogP contribution in [0.3, 0.4) is 0 Å². The molecule has 2 heterocycles. The zero-order chi connectivity index (χ0) is 12.3. The Balaban J connectivity index is 2.05. The molecule has 0 fully saturated rings. The number of nitrogens with zero attached hydrogens (tertiary/aromatic N) is 2. The van der Waals surface area contributed by atoms with Crippen LogP contribution in [0.5, 0.6) is 0 Å². The molecule has 17 heavy (non-hydrogen) atoms. The van der Waals surface area contributed by atoms with Crippen LogP contribution in [0.2, 0.25) is 0 Å². The van der Waals surface area contributed by atoms with E-state index in [1.165, 1.54) is 0 Å². The highest BCUT2D eigenvalue weighted by atomic mass is 79.9. The predicted octanol–water partition coefficient (Wildman–Crippen LogP) is 3.26. The van der Waals surface area contributed by atoms with E-state index in [1.54, 1.807) is 11.3 Å². The maximum absolute atomic E-state index is 9.65. The number of aliphatic hydroxyl groups excluding tert-OH is 1. The van der Waals surface area contributed by atoms with Crippen LogP contribution < -0.4 is 0 Å². The molecule has 1 N–H and O–H groups in total. The summed E-state index contributed by atoms with van der Waals surface area (Å²) in [6, 6.07) is 3.88. The first-order chi connectivity index (χ1) is 8.19. The largest absolute Gasteiger partial charge is 0.393 e. The standard InChI is InChI=1S/C11H13BrN2O2S/c1-2-3-7(15)6-10-13-11(14-16-10)8-4-5-9(12)17-8/h4-5,7,15H,2-3,6H2,1H3. The minimum absolute atomic E-state index is 0.400. The van der Waals surface area contributed by atoms with Gasteiger partial charge in [0.2, 0.25) is 11.7 Å². The van der Waals surface area contributed by atoms with Gasteiger partial charge in [0.15, 0.2) is 0 Å². The van der Waals surface area contributed by atoms with Crippen molar-refractivity contribution in [3.05, 3.63) is 21.8 Å². The van der Waals surface area contributed by atoms with Gasteiger partial charge in [-0.1, -0.05) is 18.5 Å². The molecular weight excluding hydrogens is 304 g/mol. The van der Waals surface area contributed by atoms with Crippen LogP contribution in [0.1, 0.15) is 25.7 Å². The lowest BCUT2D eigenvalue weighted by Gasteiger charge is -2.03. The lowest BCUT2D eigenvalue weighted by molar-refractivity contribution is 0.152. The summed E-state index contributed by atoms with van der Waals surface area (Å²) in [6.07, 6.45) is 1.72. The van der Waals surface area contributed by atoms with E-state index in [1.807, 2.05) is 19.1 Å². The Kier molecular flexibility index (Phi) is 4.31. The second-order valence-electron chi connectivity index (χ2n) is 3.76. The molecule has 92 valence electrons. The van der Waals surface area contributed by atoms with Crippen LogP contribution in [0, 0.1) is 0 Å². The number of halogens is 1. The zero-order valence-corrected chi connectivity index (χ0v) is 11.8. The number of hydrogen-bond donors (Lipinski definition) is 1. The molecule has 2 aromatic heterocycles. The van der Waals surface area contributed by atoms with Crippen molar-refractivity contribution in [3.8, 4) is 10.7 Å². The minimum Gasteiger partial charge on any atom is -0.393 e. The van der Waals surface area contributed by atoms with Crippen molar-refractivity contribution < 1.29 is 9.63 Å². The Bertz CT molecular complexity index is 483. The molecule has 0 aliphatic heterocycles. The molecule has 0 aromatic carbocycles. The van der Waals surface area contributed by atoms with Crippen molar-refractivity contribution in [1.29, 1.82) is 0 Å². The number of aromatic nitrogens is 2. The van der Waals surface area contributed by atoms with Crippen molar-refractivity contribution >= 4 is 27.3 Å². The first kappa shape index (κ1) is 12.7. The Hall–Kier alpha value is -0.720. The van der Waals surface area contributed by atoms with Gasteiger partial charge in [0.1, 0.15) is 0 Å². The van der Waals surface area contributed by atoms with Gasteiger partial charge in [0, 0.05) is 0 Å². The van der Waals surface area contributed by atoms with E-state index in [0.717, 1.165) is 21.5 Å². The molecule has 1 unspecified atom stereocenters. The first-order valence-corrected chi connectivity index (χ1v) is 7.06. The highest BCUT2D eigenvalue weighted by Crippen LogP contribution is 2.29. The van der Waals surface area contributed by atoms with Crippen LogP contribution in [-0.2, 0) is 6.42 Å². The molecule has 1 atom stereocenters. The Morgan fingerprint density at radius 3 is 3.00 bits per heavy atom. The highest BCUT2D eigenvalue weighted by molar-refractivity contribution is 9.11. The fourth-order valence-electron chi connectivity index (χ4n) is 1.51. The number of aliphatic hydroxyl groups is 1.